The third kappa shape index (κ3) is 5.78. The number of carbonyl (C=O) groups excluding carboxylic acids is 2. The lowest BCUT2D eigenvalue weighted by molar-refractivity contribution is -0.141. The smallest absolute Gasteiger partial charge is 0.251 e. The van der Waals surface area contributed by atoms with Crippen molar-refractivity contribution in [2.45, 2.75) is 60.4 Å². The topological polar surface area (TPSA) is 95.6 Å². The minimum atomic E-state index is -3.49. The maximum Gasteiger partial charge on any atom is 0.251 e. The molecule has 7 nitrogen and oxygen atoms in total. The van der Waals surface area contributed by atoms with E-state index >= 15 is 0 Å². The lowest BCUT2D eigenvalue weighted by atomic mass is 9.88. The van der Waals surface area contributed by atoms with E-state index in [1.54, 1.807) is 11.8 Å². The van der Waals surface area contributed by atoms with Gasteiger partial charge in [0.2, 0.25) is 15.9 Å². The summed E-state index contributed by atoms with van der Waals surface area (Å²) >= 11 is 0. The Hall–Kier alpha value is -2.87. The van der Waals surface area contributed by atoms with E-state index in [9.17, 15) is 18.0 Å². The van der Waals surface area contributed by atoms with Gasteiger partial charge < -0.3 is 10.2 Å². The number of aryl methyl sites for hydroxylation is 2. The van der Waals surface area contributed by atoms with Crippen molar-refractivity contribution >= 4 is 33.2 Å². The second-order valence-electron chi connectivity index (χ2n) is 10.4. The van der Waals surface area contributed by atoms with Crippen molar-refractivity contribution in [1.29, 1.82) is 0 Å². The zero-order chi connectivity index (χ0) is 25.4. The molecule has 1 unspecified atom stereocenters. The standard InChI is InChI=1S/C26H35N3O4S/c1-16-14-17(2)23(28-34(7,32)33)18(3)22(16)27-25(31)24-20-11-9-8-10-19(20)12-13-29(24)21(30)15-26(4,5)6/h8-11,14,24,28H,12-13,15H2,1-7H3,(H,27,31). The van der Waals surface area contributed by atoms with E-state index in [4.69, 9.17) is 0 Å². The first-order valence-corrected chi connectivity index (χ1v) is 13.3. The molecule has 2 aromatic carbocycles. The van der Waals surface area contributed by atoms with Crippen LogP contribution in [-0.2, 0) is 26.0 Å². The number of nitrogens with zero attached hydrogens (tertiary/aromatic N) is 1. The van der Waals surface area contributed by atoms with Gasteiger partial charge in [0.25, 0.3) is 5.91 Å². The fourth-order valence-electron chi connectivity index (χ4n) is 4.59. The van der Waals surface area contributed by atoms with E-state index in [0.717, 1.165) is 28.5 Å². The molecule has 2 aromatic rings. The molecule has 0 spiro atoms. The zero-order valence-corrected chi connectivity index (χ0v) is 21.9. The van der Waals surface area contributed by atoms with Gasteiger partial charge in [-0.2, -0.15) is 0 Å². The van der Waals surface area contributed by atoms with Gasteiger partial charge in [-0.15, -0.1) is 0 Å². The molecule has 0 aliphatic carbocycles. The molecule has 0 fully saturated rings. The first kappa shape index (κ1) is 25.7. The highest BCUT2D eigenvalue weighted by molar-refractivity contribution is 7.92. The van der Waals surface area contributed by atoms with Crippen LogP contribution in [0.25, 0.3) is 0 Å². The number of hydrogen-bond acceptors (Lipinski definition) is 4. The van der Waals surface area contributed by atoms with Crippen LogP contribution in [0.15, 0.2) is 30.3 Å². The van der Waals surface area contributed by atoms with Crippen LogP contribution in [0.4, 0.5) is 11.4 Å². The fourth-order valence-corrected chi connectivity index (χ4v) is 5.27. The molecule has 184 valence electrons. The second kappa shape index (κ2) is 9.41. The quantitative estimate of drug-likeness (QED) is 0.653. The van der Waals surface area contributed by atoms with Crippen LogP contribution in [-0.4, -0.2) is 37.9 Å². The number of benzene rings is 2. The predicted octanol–water partition coefficient (Wildman–Crippen LogP) is 4.48. The molecule has 0 saturated carbocycles. The van der Waals surface area contributed by atoms with Crippen LogP contribution < -0.4 is 10.0 Å². The SMILES string of the molecule is Cc1cc(C)c(NS(C)(=O)=O)c(C)c1NC(=O)C1c2ccccc2CCN1C(=O)CC(C)(C)C. The summed E-state index contributed by atoms with van der Waals surface area (Å²) in [6.45, 7) is 12.0. The van der Waals surface area contributed by atoms with Gasteiger partial charge >= 0.3 is 0 Å². The highest BCUT2D eigenvalue weighted by atomic mass is 32.2. The number of amides is 2. The second-order valence-corrected chi connectivity index (χ2v) is 12.2. The zero-order valence-electron chi connectivity index (χ0n) is 21.1. The Balaban J connectivity index is 2.03. The molecule has 34 heavy (non-hydrogen) atoms. The number of fused-ring (bicyclic) bond motifs is 1. The Labute approximate surface area is 203 Å². The van der Waals surface area contributed by atoms with E-state index in [1.165, 1.54) is 0 Å². The summed E-state index contributed by atoms with van der Waals surface area (Å²) in [5.74, 6) is -0.367. The van der Waals surface area contributed by atoms with E-state index in [0.29, 0.717) is 36.3 Å². The fraction of sp³-hybridized carbons (Fsp3) is 0.462. The normalized spacial score (nSPS) is 16.1. The van der Waals surface area contributed by atoms with Gasteiger partial charge in [0, 0.05) is 18.7 Å². The molecule has 2 amide bonds. The van der Waals surface area contributed by atoms with E-state index in [2.05, 4.69) is 10.0 Å². The summed E-state index contributed by atoms with van der Waals surface area (Å²) < 4.78 is 26.4. The lowest BCUT2D eigenvalue weighted by Crippen LogP contribution is -2.46. The monoisotopic (exact) mass is 485 g/mol. The summed E-state index contributed by atoms with van der Waals surface area (Å²) in [6, 6.07) is 8.81. The first-order chi connectivity index (χ1) is 15.7. The summed E-state index contributed by atoms with van der Waals surface area (Å²) in [4.78, 5) is 28.7. The third-order valence-corrected chi connectivity index (χ3v) is 6.62. The van der Waals surface area contributed by atoms with Gasteiger partial charge in [0.05, 0.1) is 11.9 Å². The van der Waals surface area contributed by atoms with E-state index in [1.807, 2.05) is 65.0 Å². The molecule has 1 aliphatic heterocycles. The van der Waals surface area contributed by atoms with Gasteiger partial charge in [-0.05, 0) is 60.4 Å². The van der Waals surface area contributed by atoms with Crippen LogP contribution in [0, 0.1) is 26.2 Å². The molecule has 8 heteroatoms. The van der Waals surface area contributed by atoms with Gasteiger partial charge in [-0.1, -0.05) is 51.1 Å². The Morgan fingerprint density at radius 1 is 1.06 bits per heavy atom. The average molecular weight is 486 g/mol. The summed E-state index contributed by atoms with van der Waals surface area (Å²) in [7, 11) is -3.49. The van der Waals surface area contributed by atoms with Crippen molar-refractivity contribution < 1.29 is 18.0 Å². The summed E-state index contributed by atoms with van der Waals surface area (Å²) in [5, 5.41) is 3.02. The Morgan fingerprint density at radius 2 is 1.68 bits per heavy atom. The highest BCUT2D eigenvalue weighted by Crippen LogP contribution is 2.36. The number of anilines is 2. The van der Waals surface area contributed by atoms with Gasteiger partial charge in [-0.3, -0.25) is 14.3 Å². The molecule has 0 bridgehead atoms. The minimum absolute atomic E-state index is 0.0565. The average Bonchev–Trinajstić information content (AvgIpc) is 2.71. The maximum absolute atomic E-state index is 13.8. The Morgan fingerprint density at radius 3 is 2.29 bits per heavy atom. The molecule has 1 aliphatic rings. The molecule has 1 heterocycles. The van der Waals surface area contributed by atoms with Crippen molar-refractivity contribution in [3.63, 3.8) is 0 Å². The number of carbonyl (C=O) groups is 2. The largest absolute Gasteiger partial charge is 0.326 e. The number of rotatable bonds is 5. The molecular weight excluding hydrogens is 450 g/mol. The summed E-state index contributed by atoms with van der Waals surface area (Å²) in [5.41, 5.74) is 4.90. The molecule has 1 atom stereocenters. The lowest BCUT2D eigenvalue weighted by Gasteiger charge is -2.38. The molecular formula is C26H35N3O4S. The van der Waals surface area contributed by atoms with Crippen LogP contribution in [0.5, 0.6) is 0 Å². The Kier molecular flexibility index (Phi) is 7.12. The van der Waals surface area contributed by atoms with E-state index in [-0.39, 0.29) is 17.2 Å². The van der Waals surface area contributed by atoms with Crippen LogP contribution in [0.1, 0.15) is 61.1 Å². The predicted molar refractivity (Wildman–Crippen MR) is 136 cm³/mol. The number of hydrogen-bond donors (Lipinski definition) is 2. The van der Waals surface area contributed by atoms with Crippen molar-refractivity contribution in [2.24, 2.45) is 5.41 Å². The van der Waals surface area contributed by atoms with Crippen molar-refractivity contribution in [3.05, 3.63) is 58.1 Å². The summed E-state index contributed by atoms with van der Waals surface area (Å²) in [6.07, 6.45) is 2.13. The van der Waals surface area contributed by atoms with Crippen LogP contribution in [0.3, 0.4) is 0 Å². The molecule has 0 aromatic heterocycles. The van der Waals surface area contributed by atoms with Gasteiger partial charge in [0.1, 0.15) is 6.04 Å². The first-order valence-electron chi connectivity index (χ1n) is 11.4. The van der Waals surface area contributed by atoms with Crippen LogP contribution >= 0.6 is 0 Å². The van der Waals surface area contributed by atoms with Crippen LogP contribution in [0.2, 0.25) is 0 Å². The number of nitrogens with one attached hydrogen (secondary N) is 2. The van der Waals surface area contributed by atoms with E-state index < -0.39 is 16.1 Å². The molecule has 3 rings (SSSR count). The third-order valence-electron chi connectivity index (χ3n) is 6.04. The maximum atomic E-state index is 13.8. The molecule has 2 N–H and O–H groups in total. The van der Waals surface area contributed by atoms with Crippen molar-refractivity contribution in [2.75, 3.05) is 22.8 Å². The number of sulfonamides is 1. The molecule has 0 saturated heterocycles. The highest BCUT2D eigenvalue weighted by Gasteiger charge is 2.37. The van der Waals surface area contributed by atoms with Crippen molar-refractivity contribution in [1.82, 2.24) is 4.90 Å². The molecule has 0 radical (unpaired) electrons. The van der Waals surface area contributed by atoms with Crippen molar-refractivity contribution in [3.8, 4) is 0 Å². The Bertz CT molecular complexity index is 1230. The van der Waals surface area contributed by atoms with Gasteiger partial charge in [0.15, 0.2) is 0 Å². The van der Waals surface area contributed by atoms with Gasteiger partial charge in [-0.25, -0.2) is 8.42 Å². The minimum Gasteiger partial charge on any atom is -0.326 e.